The molecule has 0 amide bonds. The Bertz CT molecular complexity index is 1410. The van der Waals surface area contributed by atoms with Crippen molar-refractivity contribution < 1.29 is 9.13 Å². The summed E-state index contributed by atoms with van der Waals surface area (Å²) in [7, 11) is 0. The van der Waals surface area contributed by atoms with E-state index in [1.165, 1.54) is 6.20 Å². The second-order valence-corrected chi connectivity index (χ2v) is 8.47. The van der Waals surface area contributed by atoms with Gasteiger partial charge in [0.1, 0.15) is 28.4 Å². The van der Waals surface area contributed by atoms with E-state index in [4.69, 9.17) is 34.5 Å². The van der Waals surface area contributed by atoms with Crippen molar-refractivity contribution in [3.63, 3.8) is 0 Å². The SMILES string of the molecule is [C-]#[N+]c1cc(-c2n[nH]c3ccc(O[C@@H](C)c4c(Cl)cnc(F)c4Cl)cc23)cnc1N1CCC1. The topological polar surface area (TPSA) is 71.3 Å². The molecule has 4 aromatic rings. The molecular weight excluding hydrogens is 466 g/mol. The summed E-state index contributed by atoms with van der Waals surface area (Å²) in [4.78, 5) is 13.8. The molecule has 7 nitrogen and oxygen atoms in total. The van der Waals surface area contributed by atoms with Gasteiger partial charge in [0.25, 0.3) is 0 Å². The lowest BCUT2D eigenvalue weighted by Crippen LogP contribution is -2.37. The van der Waals surface area contributed by atoms with Crippen LogP contribution in [0.1, 0.15) is 25.0 Å². The second kappa shape index (κ2) is 8.50. The van der Waals surface area contributed by atoms with Gasteiger partial charge in [-0.25, -0.2) is 9.83 Å². The lowest BCUT2D eigenvalue weighted by molar-refractivity contribution is 0.226. The number of halogens is 3. The molecule has 3 aromatic heterocycles. The summed E-state index contributed by atoms with van der Waals surface area (Å²) in [6.45, 7) is 11.1. The molecule has 1 fully saturated rings. The highest BCUT2D eigenvalue weighted by molar-refractivity contribution is 6.35. The third kappa shape index (κ3) is 3.84. The van der Waals surface area contributed by atoms with Gasteiger partial charge in [-0.2, -0.15) is 9.49 Å². The highest BCUT2D eigenvalue weighted by atomic mass is 35.5. The fraction of sp³-hybridized carbons (Fsp3) is 0.217. The smallest absolute Gasteiger partial charge is 0.232 e. The number of ether oxygens (including phenoxy) is 1. The summed E-state index contributed by atoms with van der Waals surface area (Å²) in [5.41, 5.74) is 3.00. The number of nitrogens with one attached hydrogen (secondary N) is 1. The van der Waals surface area contributed by atoms with E-state index in [0.29, 0.717) is 28.5 Å². The molecule has 1 N–H and O–H groups in total. The molecule has 0 unspecified atom stereocenters. The fourth-order valence-electron chi connectivity index (χ4n) is 3.81. The Hall–Kier alpha value is -3.41. The average Bonchev–Trinajstić information content (AvgIpc) is 3.19. The van der Waals surface area contributed by atoms with Gasteiger partial charge in [0.15, 0.2) is 0 Å². The zero-order chi connectivity index (χ0) is 23.1. The van der Waals surface area contributed by atoms with Crippen molar-refractivity contribution in [3.05, 3.63) is 69.6 Å². The van der Waals surface area contributed by atoms with Crippen LogP contribution in [0.3, 0.4) is 0 Å². The van der Waals surface area contributed by atoms with Crippen LogP contribution in [-0.2, 0) is 0 Å². The van der Waals surface area contributed by atoms with Crippen LogP contribution >= 0.6 is 23.2 Å². The minimum Gasteiger partial charge on any atom is -0.486 e. The number of hydrogen-bond acceptors (Lipinski definition) is 5. The van der Waals surface area contributed by atoms with Gasteiger partial charge in [0, 0.05) is 42.0 Å². The van der Waals surface area contributed by atoms with Gasteiger partial charge in [-0.1, -0.05) is 23.2 Å². The van der Waals surface area contributed by atoms with Gasteiger partial charge in [-0.15, -0.1) is 0 Å². The minimum absolute atomic E-state index is 0.167. The van der Waals surface area contributed by atoms with Crippen molar-refractivity contribution in [2.45, 2.75) is 19.4 Å². The highest BCUT2D eigenvalue weighted by Crippen LogP contribution is 2.37. The summed E-state index contributed by atoms with van der Waals surface area (Å²) in [6, 6.07) is 7.24. The molecule has 5 rings (SSSR count). The number of aromatic amines is 1. The summed E-state index contributed by atoms with van der Waals surface area (Å²) in [6.07, 6.45) is 3.42. The molecule has 0 bridgehead atoms. The molecule has 1 aromatic carbocycles. The Morgan fingerprint density at radius 3 is 2.76 bits per heavy atom. The summed E-state index contributed by atoms with van der Waals surface area (Å²) in [5, 5.41) is 8.28. The predicted octanol–water partition coefficient (Wildman–Crippen LogP) is 6.37. The van der Waals surface area contributed by atoms with Gasteiger partial charge in [0.05, 0.1) is 17.1 Å². The Kier molecular flexibility index (Phi) is 5.52. The number of anilines is 1. The maximum Gasteiger partial charge on any atom is 0.232 e. The normalized spacial score (nSPS) is 14.1. The largest absolute Gasteiger partial charge is 0.486 e. The first-order valence-electron chi connectivity index (χ1n) is 10.2. The van der Waals surface area contributed by atoms with Crippen molar-refractivity contribution in [3.8, 4) is 17.0 Å². The third-order valence-electron chi connectivity index (χ3n) is 5.62. The van der Waals surface area contributed by atoms with Crippen molar-refractivity contribution in [2.24, 2.45) is 0 Å². The summed E-state index contributed by atoms with van der Waals surface area (Å²) >= 11 is 12.2. The van der Waals surface area contributed by atoms with Crippen LogP contribution in [0.15, 0.2) is 36.7 Å². The number of benzene rings is 1. The standard InChI is InChI=1S/C23H17Cl2FN6O/c1-12(19-16(24)11-28-22(26)20(19)25)33-14-4-5-17-15(9-14)21(31-30-17)13-8-18(27-2)23(29-10-13)32-6-3-7-32/h4-5,8-12H,3,6-7H2,1H3,(H,30,31)/t12-/m0/s1. The maximum absolute atomic E-state index is 13.8. The Morgan fingerprint density at radius 1 is 1.21 bits per heavy atom. The molecule has 1 saturated heterocycles. The van der Waals surface area contributed by atoms with Crippen molar-refractivity contribution in [1.82, 2.24) is 20.2 Å². The molecule has 0 aliphatic carbocycles. The molecule has 1 aliphatic heterocycles. The van der Waals surface area contributed by atoms with Crippen LogP contribution in [0.5, 0.6) is 5.75 Å². The number of aromatic nitrogens is 4. The average molecular weight is 483 g/mol. The first-order chi connectivity index (χ1) is 16.0. The van der Waals surface area contributed by atoms with Gasteiger partial charge in [0.2, 0.25) is 11.6 Å². The second-order valence-electron chi connectivity index (χ2n) is 7.68. The van der Waals surface area contributed by atoms with Crippen LogP contribution in [0.2, 0.25) is 10.0 Å². The van der Waals surface area contributed by atoms with Crippen LogP contribution < -0.4 is 9.64 Å². The van der Waals surface area contributed by atoms with E-state index < -0.39 is 12.1 Å². The lowest BCUT2D eigenvalue weighted by Gasteiger charge is -2.32. The fourth-order valence-corrected chi connectivity index (χ4v) is 4.46. The zero-order valence-electron chi connectivity index (χ0n) is 17.4. The van der Waals surface area contributed by atoms with Crippen molar-refractivity contribution in [1.29, 1.82) is 0 Å². The molecule has 0 saturated carbocycles. The van der Waals surface area contributed by atoms with Gasteiger partial charge in [-0.3, -0.25) is 10.1 Å². The number of rotatable bonds is 5. The van der Waals surface area contributed by atoms with Crippen LogP contribution in [0.25, 0.3) is 27.0 Å². The quantitative estimate of drug-likeness (QED) is 0.264. The van der Waals surface area contributed by atoms with Crippen molar-refractivity contribution >= 4 is 45.6 Å². The monoisotopic (exact) mass is 482 g/mol. The number of H-pyrrole nitrogens is 1. The van der Waals surface area contributed by atoms with Crippen LogP contribution in [0.4, 0.5) is 15.9 Å². The third-order valence-corrected chi connectivity index (χ3v) is 6.28. The lowest BCUT2D eigenvalue weighted by atomic mass is 10.1. The molecular formula is C23H17Cl2FN6O. The predicted molar refractivity (Wildman–Crippen MR) is 126 cm³/mol. The summed E-state index contributed by atoms with van der Waals surface area (Å²) < 4.78 is 19.9. The Balaban J connectivity index is 1.49. The van der Waals surface area contributed by atoms with E-state index in [1.807, 2.05) is 12.1 Å². The van der Waals surface area contributed by atoms with Gasteiger partial charge in [-0.05, 0) is 37.6 Å². The number of pyridine rings is 2. The Morgan fingerprint density at radius 2 is 2.03 bits per heavy atom. The molecule has 10 heteroatoms. The number of fused-ring (bicyclic) bond motifs is 1. The first-order valence-corrected chi connectivity index (χ1v) is 11.0. The maximum atomic E-state index is 13.8. The van der Waals surface area contributed by atoms with Crippen molar-refractivity contribution in [2.75, 3.05) is 18.0 Å². The Labute approximate surface area is 198 Å². The molecule has 33 heavy (non-hydrogen) atoms. The molecule has 166 valence electrons. The van der Waals surface area contributed by atoms with E-state index in [1.54, 1.807) is 25.3 Å². The zero-order valence-corrected chi connectivity index (χ0v) is 19.0. The molecule has 1 aliphatic rings. The van der Waals surface area contributed by atoms with Crippen LogP contribution in [-0.4, -0.2) is 33.3 Å². The van der Waals surface area contributed by atoms with E-state index in [0.717, 1.165) is 36.0 Å². The van der Waals surface area contributed by atoms with Crippen LogP contribution in [0, 0.1) is 12.5 Å². The van der Waals surface area contributed by atoms with E-state index >= 15 is 0 Å². The van der Waals surface area contributed by atoms with E-state index in [9.17, 15) is 4.39 Å². The van der Waals surface area contributed by atoms with Gasteiger partial charge >= 0.3 is 0 Å². The highest BCUT2D eigenvalue weighted by Gasteiger charge is 2.22. The van der Waals surface area contributed by atoms with Gasteiger partial charge < -0.3 is 9.64 Å². The number of nitrogens with zero attached hydrogens (tertiary/aromatic N) is 5. The van der Waals surface area contributed by atoms with E-state index in [2.05, 4.69) is 29.9 Å². The molecule has 4 heterocycles. The molecule has 0 spiro atoms. The molecule has 0 radical (unpaired) electrons. The minimum atomic E-state index is -0.802. The molecule has 1 atom stereocenters. The first kappa shape index (κ1) is 21.4. The summed E-state index contributed by atoms with van der Waals surface area (Å²) in [5.74, 6) is 0.428. The number of hydrogen-bond donors (Lipinski definition) is 1. The van der Waals surface area contributed by atoms with E-state index in [-0.39, 0.29) is 10.0 Å².